The minimum atomic E-state index is -0.230. The van der Waals surface area contributed by atoms with Crippen molar-refractivity contribution in [1.82, 2.24) is 14.9 Å². The van der Waals surface area contributed by atoms with Crippen molar-refractivity contribution in [3.63, 3.8) is 0 Å². The molecule has 1 aromatic heterocycles. The summed E-state index contributed by atoms with van der Waals surface area (Å²) in [7, 11) is 2.19. The molecule has 0 unspecified atom stereocenters. The average Bonchev–Trinajstić information content (AvgIpc) is 2.88. The number of anilines is 3. The minimum absolute atomic E-state index is 0.230. The van der Waals surface area contributed by atoms with Crippen molar-refractivity contribution < 1.29 is 9.53 Å². The highest BCUT2D eigenvalue weighted by Crippen LogP contribution is 2.34. The number of benzene rings is 2. The molecular formula is C29H34BrN5O2. The van der Waals surface area contributed by atoms with Crippen molar-refractivity contribution in [2.75, 3.05) is 37.4 Å². The van der Waals surface area contributed by atoms with Crippen LogP contribution in [0.25, 0.3) is 10.9 Å². The molecule has 0 spiro atoms. The summed E-state index contributed by atoms with van der Waals surface area (Å²) in [4.78, 5) is 23.9. The predicted octanol–water partition coefficient (Wildman–Crippen LogP) is 6.71. The monoisotopic (exact) mass is 563 g/mol. The van der Waals surface area contributed by atoms with Crippen molar-refractivity contribution in [2.45, 2.75) is 32.6 Å². The minimum Gasteiger partial charge on any atom is -0.491 e. The third-order valence-corrected chi connectivity index (χ3v) is 6.98. The molecule has 37 heavy (non-hydrogen) atoms. The number of carbonyl (C=O) groups is 1. The number of nitrogens with one attached hydrogen (secondary N) is 2. The first-order chi connectivity index (χ1) is 18.0. The van der Waals surface area contributed by atoms with Crippen molar-refractivity contribution in [2.24, 2.45) is 5.92 Å². The number of carbonyl (C=O) groups excluding carboxylic acids is 1. The second kappa shape index (κ2) is 13.4. The molecule has 7 nitrogen and oxygen atoms in total. The van der Waals surface area contributed by atoms with Crippen molar-refractivity contribution >= 4 is 49.9 Å². The first kappa shape index (κ1) is 26.8. The van der Waals surface area contributed by atoms with Gasteiger partial charge >= 0.3 is 0 Å². The van der Waals surface area contributed by atoms with E-state index in [0.717, 1.165) is 39.8 Å². The van der Waals surface area contributed by atoms with Gasteiger partial charge in [0, 0.05) is 27.7 Å². The van der Waals surface area contributed by atoms with Crippen LogP contribution in [0.1, 0.15) is 32.6 Å². The number of halogens is 1. The summed E-state index contributed by atoms with van der Waals surface area (Å²) in [5.41, 5.74) is 2.22. The van der Waals surface area contributed by atoms with E-state index in [0.29, 0.717) is 23.9 Å². The zero-order valence-corrected chi connectivity index (χ0v) is 23.0. The van der Waals surface area contributed by atoms with Crippen LogP contribution in [0.2, 0.25) is 0 Å². The molecule has 1 aliphatic heterocycles. The van der Waals surface area contributed by atoms with E-state index < -0.39 is 0 Å². The zero-order valence-electron chi connectivity index (χ0n) is 21.4. The molecule has 194 valence electrons. The SMILES string of the molecule is C/C=C/C=C/C(=O)Nc1cc2c(Nc3cccc(Br)c3)ncnc2cc1OCCCC1CCN(C)CC1. The quantitative estimate of drug-likeness (QED) is 0.162. The average molecular weight is 565 g/mol. The van der Waals surface area contributed by atoms with Gasteiger partial charge in [-0.3, -0.25) is 4.79 Å². The maximum absolute atomic E-state index is 12.6. The maximum Gasteiger partial charge on any atom is 0.248 e. The van der Waals surface area contributed by atoms with Crippen molar-refractivity contribution in [1.29, 1.82) is 0 Å². The number of hydrogen-bond donors (Lipinski definition) is 2. The Bertz CT molecular complexity index is 1270. The Morgan fingerprint density at radius 1 is 1.19 bits per heavy atom. The van der Waals surface area contributed by atoms with Crippen LogP contribution in [-0.2, 0) is 4.79 Å². The highest BCUT2D eigenvalue weighted by atomic mass is 79.9. The third kappa shape index (κ3) is 7.87. The van der Waals surface area contributed by atoms with E-state index in [-0.39, 0.29) is 5.91 Å². The van der Waals surface area contributed by atoms with Crippen molar-refractivity contribution in [3.05, 3.63) is 71.5 Å². The molecule has 4 rings (SSSR count). The zero-order chi connectivity index (χ0) is 26.0. The topological polar surface area (TPSA) is 79.4 Å². The Hall–Kier alpha value is -3.23. The first-order valence-electron chi connectivity index (χ1n) is 12.7. The molecule has 0 atom stereocenters. The van der Waals surface area contributed by atoms with E-state index in [9.17, 15) is 4.79 Å². The number of allylic oxidation sites excluding steroid dienone is 3. The lowest BCUT2D eigenvalue weighted by Crippen LogP contribution is -2.30. The molecule has 1 amide bonds. The van der Waals surface area contributed by atoms with Crippen LogP contribution in [0.15, 0.2) is 71.5 Å². The molecule has 3 aromatic rings. The fourth-order valence-electron chi connectivity index (χ4n) is 4.44. The molecule has 0 bridgehead atoms. The van der Waals surface area contributed by atoms with Crippen LogP contribution in [0.5, 0.6) is 5.75 Å². The lowest BCUT2D eigenvalue weighted by atomic mass is 9.93. The van der Waals surface area contributed by atoms with E-state index in [4.69, 9.17) is 4.74 Å². The fraction of sp³-hybridized carbons (Fsp3) is 0.345. The molecule has 0 radical (unpaired) electrons. The molecular weight excluding hydrogens is 530 g/mol. The summed E-state index contributed by atoms with van der Waals surface area (Å²) in [6.45, 7) is 4.83. The summed E-state index contributed by atoms with van der Waals surface area (Å²) in [6.07, 6.45) is 13.0. The molecule has 1 fully saturated rings. The van der Waals surface area contributed by atoms with E-state index in [1.165, 1.54) is 38.3 Å². The molecule has 0 saturated carbocycles. The van der Waals surface area contributed by atoms with E-state index in [1.807, 2.05) is 55.5 Å². The van der Waals surface area contributed by atoms with Crippen LogP contribution in [-0.4, -0.2) is 47.5 Å². The van der Waals surface area contributed by atoms with E-state index >= 15 is 0 Å². The lowest BCUT2D eigenvalue weighted by molar-refractivity contribution is -0.111. The number of nitrogens with zero attached hydrogens (tertiary/aromatic N) is 3. The second-order valence-electron chi connectivity index (χ2n) is 9.33. The van der Waals surface area contributed by atoms with Gasteiger partial charge in [0.05, 0.1) is 17.8 Å². The standard InChI is InChI=1S/C29H34BrN5O2/c1-3-4-5-11-28(36)34-26-18-24-25(31-20-32-29(24)33-23-10-6-9-22(30)17-23)19-27(26)37-16-7-8-21-12-14-35(2)15-13-21/h3-6,9-11,17-21H,7-8,12-16H2,1-2H3,(H,34,36)(H,31,32,33)/b4-3+,11-5+. The van der Waals surface area contributed by atoms with Crippen LogP contribution < -0.4 is 15.4 Å². The number of fused-ring (bicyclic) bond motifs is 1. The number of piperidine rings is 1. The number of likely N-dealkylation sites (tertiary alicyclic amines) is 1. The fourth-order valence-corrected chi connectivity index (χ4v) is 4.84. The van der Waals surface area contributed by atoms with Gasteiger partial charge < -0.3 is 20.3 Å². The summed E-state index contributed by atoms with van der Waals surface area (Å²) in [6, 6.07) is 11.6. The predicted molar refractivity (Wildman–Crippen MR) is 154 cm³/mol. The molecule has 0 aliphatic carbocycles. The van der Waals surface area contributed by atoms with Crippen LogP contribution >= 0.6 is 15.9 Å². The summed E-state index contributed by atoms with van der Waals surface area (Å²) in [5.74, 6) is 1.78. The molecule has 2 aromatic carbocycles. The number of rotatable bonds is 10. The molecule has 8 heteroatoms. The molecule has 1 aliphatic rings. The maximum atomic E-state index is 12.6. The van der Waals surface area contributed by atoms with Gasteiger partial charge in [-0.2, -0.15) is 0 Å². The van der Waals surface area contributed by atoms with Crippen LogP contribution in [0, 0.1) is 5.92 Å². The van der Waals surface area contributed by atoms with Gasteiger partial charge in [-0.25, -0.2) is 9.97 Å². The number of aromatic nitrogens is 2. The molecule has 2 N–H and O–H groups in total. The van der Waals surface area contributed by atoms with Gasteiger partial charge in [0.2, 0.25) is 5.91 Å². The van der Waals surface area contributed by atoms with E-state index in [2.05, 4.69) is 48.5 Å². The normalized spacial score (nSPS) is 15.0. The second-order valence-corrected chi connectivity index (χ2v) is 10.3. The van der Waals surface area contributed by atoms with Gasteiger partial charge in [0.15, 0.2) is 0 Å². The van der Waals surface area contributed by atoms with Gasteiger partial charge in [-0.1, -0.05) is 40.2 Å². The Kier molecular flexibility index (Phi) is 9.68. The largest absolute Gasteiger partial charge is 0.491 e. The first-order valence-corrected chi connectivity index (χ1v) is 13.5. The van der Waals surface area contributed by atoms with Gasteiger partial charge in [-0.15, -0.1) is 0 Å². The molecule has 2 heterocycles. The highest BCUT2D eigenvalue weighted by Gasteiger charge is 2.17. The summed E-state index contributed by atoms with van der Waals surface area (Å²) >= 11 is 3.51. The lowest BCUT2D eigenvalue weighted by Gasteiger charge is -2.28. The smallest absolute Gasteiger partial charge is 0.248 e. The van der Waals surface area contributed by atoms with Crippen LogP contribution in [0.4, 0.5) is 17.2 Å². The van der Waals surface area contributed by atoms with Crippen molar-refractivity contribution in [3.8, 4) is 5.75 Å². The Labute approximate surface area is 227 Å². The highest BCUT2D eigenvalue weighted by molar-refractivity contribution is 9.10. The van der Waals surface area contributed by atoms with Gasteiger partial charge in [0.25, 0.3) is 0 Å². The number of ether oxygens (including phenoxy) is 1. The third-order valence-electron chi connectivity index (χ3n) is 6.49. The Morgan fingerprint density at radius 2 is 2.03 bits per heavy atom. The summed E-state index contributed by atoms with van der Waals surface area (Å²) < 4.78 is 7.17. The van der Waals surface area contributed by atoms with Crippen LogP contribution in [0.3, 0.4) is 0 Å². The summed E-state index contributed by atoms with van der Waals surface area (Å²) in [5, 5.41) is 7.12. The Balaban J connectivity index is 1.54. The van der Waals surface area contributed by atoms with E-state index in [1.54, 1.807) is 6.08 Å². The Morgan fingerprint density at radius 3 is 2.81 bits per heavy atom. The number of hydrogen-bond acceptors (Lipinski definition) is 6. The van der Waals surface area contributed by atoms with Gasteiger partial charge in [-0.05, 0) is 82.9 Å². The number of amides is 1. The van der Waals surface area contributed by atoms with Gasteiger partial charge in [0.1, 0.15) is 17.9 Å². The molecule has 1 saturated heterocycles.